The van der Waals surface area contributed by atoms with Crippen LogP contribution in [0.5, 0.6) is 0 Å². The number of carbonyl (C=O) groups excluding carboxylic acids is 3. The van der Waals surface area contributed by atoms with E-state index in [2.05, 4.69) is 10.3 Å². The van der Waals surface area contributed by atoms with Crippen molar-refractivity contribution in [2.24, 2.45) is 0 Å². The number of aromatic nitrogens is 1. The molecule has 1 heterocycles. The van der Waals surface area contributed by atoms with Gasteiger partial charge in [0.2, 0.25) is 0 Å². The van der Waals surface area contributed by atoms with Crippen LogP contribution in [-0.2, 0) is 9.53 Å². The van der Waals surface area contributed by atoms with Crippen molar-refractivity contribution in [3.8, 4) is 0 Å². The third kappa shape index (κ3) is 3.64. The maximum Gasteiger partial charge on any atom is 0.341 e. The summed E-state index contributed by atoms with van der Waals surface area (Å²) in [7, 11) is 0. The van der Waals surface area contributed by atoms with Gasteiger partial charge in [0, 0.05) is 27.8 Å². The zero-order valence-corrected chi connectivity index (χ0v) is 14.5. The zero-order valence-electron chi connectivity index (χ0n) is 14.5. The van der Waals surface area contributed by atoms with Gasteiger partial charge in [0.15, 0.2) is 12.4 Å². The van der Waals surface area contributed by atoms with Crippen LogP contribution in [0.2, 0.25) is 0 Å². The number of aryl methyl sites for hydroxylation is 1. The lowest BCUT2D eigenvalue weighted by atomic mass is 10.1. The predicted molar refractivity (Wildman–Crippen MR) is 98.4 cm³/mol. The number of ether oxygens (including phenoxy) is 1. The zero-order chi connectivity index (χ0) is 18.7. The Bertz CT molecular complexity index is 1000. The number of rotatable bonds is 5. The molecule has 0 unspecified atom stereocenters. The monoisotopic (exact) mass is 350 g/mol. The number of esters is 1. The third-order valence-corrected chi connectivity index (χ3v) is 3.98. The number of H-pyrrole nitrogens is 1. The Morgan fingerprint density at radius 3 is 2.62 bits per heavy atom. The molecule has 0 bridgehead atoms. The van der Waals surface area contributed by atoms with Gasteiger partial charge >= 0.3 is 5.97 Å². The molecule has 2 aromatic carbocycles. The highest BCUT2D eigenvalue weighted by Crippen LogP contribution is 2.22. The van der Waals surface area contributed by atoms with Gasteiger partial charge in [0.1, 0.15) is 0 Å². The molecule has 6 heteroatoms. The maximum absolute atomic E-state index is 12.4. The van der Waals surface area contributed by atoms with Crippen LogP contribution in [0, 0.1) is 6.92 Å². The molecule has 0 saturated carbocycles. The Morgan fingerprint density at radius 1 is 1.08 bits per heavy atom. The van der Waals surface area contributed by atoms with Crippen molar-refractivity contribution in [1.82, 2.24) is 4.98 Å². The molecular weight excluding hydrogens is 332 g/mol. The summed E-state index contributed by atoms with van der Waals surface area (Å²) in [6, 6.07) is 14.0. The number of carbonyl (C=O) groups is 3. The van der Waals surface area contributed by atoms with E-state index >= 15 is 0 Å². The molecular formula is C20H18N2O4. The van der Waals surface area contributed by atoms with E-state index in [4.69, 9.17) is 4.74 Å². The summed E-state index contributed by atoms with van der Waals surface area (Å²) in [5.74, 6) is -1.13. The van der Waals surface area contributed by atoms with E-state index in [-0.39, 0.29) is 5.78 Å². The Kier molecular flexibility index (Phi) is 4.84. The number of ketones is 1. The largest absolute Gasteiger partial charge is 0.452 e. The molecule has 0 aliphatic carbocycles. The summed E-state index contributed by atoms with van der Waals surface area (Å²) in [5.41, 5.74) is 2.91. The number of para-hydroxylation sites is 1. The van der Waals surface area contributed by atoms with Crippen molar-refractivity contribution in [2.45, 2.75) is 13.8 Å². The standard InChI is InChI=1S/C20H18N2O4/c1-12-19(16-8-3-4-9-17(16)21-12)20(25)26-11-18(24)22-15-7-5-6-14(10-15)13(2)23/h3-10,21H,11H2,1-2H3,(H,22,24). The van der Waals surface area contributed by atoms with E-state index in [0.29, 0.717) is 22.5 Å². The fraction of sp³-hybridized carbons (Fsp3) is 0.150. The van der Waals surface area contributed by atoms with E-state index in [1.165, 1.54) is 6.92 Å². The molecule has 0 aliphatic heterocycles. The van der Waals surface area contributed by atoms with Gasteiger partial charge in [-0.3, -0.25) is 9.59 Å². The van der Waals surface area contributed by atoms with Crippen molar-refractivity contribution < 1.29 is 19.1 Å². The number of hydrogen-bond donors (Lipinski definition) is 2. The molecule has 3 aromatic rings. The Labute approximate surface area is 150 Å². The van der Waals surface area contributed by atoms with Gasteiger partial charge < -0.3 is 15.0 Å². The molecule has 0 saturated heterocycles. The van der Waals surface area contributed by atoms with Gasteiger partial charge in [-0.15, -0.1) is 0 Å². The number of Topliss-reactive ketones (excluding diaryl/α,β-unsaturated/α-hetero) is 1. The molecule has 0 spiro atoms. The average Bonchev–Trinajstić information content (AvgIpc) is 2.95. The predicted octanol–water partition coefficient (Wildman–Crippen LogP) is 3.47. The summed E-state index contributed by atoms with van der Waals surface area (Å²) < 4.78 is 5.15. The summed E-state index contributed by atoms with van der Waals surface area (Å²) in [5, 5.41) is 3.37. The first kappa shape index (κ1) is 17.4. The van der Waals surface area contributed by atoms with Crippen LogP contribution in [0.4, 0.5) is 5.69 Å². The normalized spacial score (nSPS) is 10.5. The lowest BCUT2D eigenvalue weighted by molar-refractivity contribution is -0.119. The second-order valence-corrected chi connectivity index (χ2v) is 5.93. The highest BCUT2D eigenvalue weighted by atomic mass is 16.5. The number of hydrogen-bond acceptors (Lipinski definition) is 4. The Morgan fingerprint density at radius 2 is 1.85 bits per heavy atom. The molecule has 132 valence electrons. The quantitative estimate of drug-likeness (QED) is 0.545. The second-order valence-electron chi connectivity index (χ2n) is 5.93. The highest BCUT2D eigenvalue weighted by Gasteiger charge is 2.18. The van der Waals surface area contributed by atoms with Crippen LogP contribution < -0.4 is 5.32 Å². The van der Waals surface area contributed by atoms with Crippen molar-refractivity contribution in [1.29, 1.82) is 0 Å². The van der Waals surface area contributed by atoms with Crippen LogP contribution in [0.25, 0.3) is 10.9 Å². The molecule has 0 aliphatic rings. The average molecular weight is 350 g/mol. The van der Waals surface area contributed by atoms with Crippen LogP contribution in [0.1, 0.15) is 33.3 Å². The minimum absolute atomic E-state index is 0.0951. The molecule has 26 heavy (non-hydrogen) atoms. The number of fused-ring (bicyclic) bond motifs is 1. The molecule has 3 rings (SSSR count). The first-order valence-corrected chi connectivity index (χ1v) is 8.11. The fourth-order valence-electron chi connectivity index (χ4n) is 2.76. The lowest BCUT2D eigenvalue weighted by Gasteiger charge is -2.07. The molecule has 1 aromatic heterocycles. The fourth-order valence-corrected chi connectivity index (χ4v) is 2.76. The summed E-state index contributed by atoms with van der Waals surface area (Å²) in [6.45, 7) is 2.82. The van der Waals surface area contributed by atoms with Gasteiger partial charge in [0.05, 0.1) is 5.56 Å². The summed E-state index contributed by atoms with van der Waals surface area (Å²) in [6.07, 6.45) is 0. The van der Waals surface area contributed by atoms with Gasteiger partial charge in [-0.2, -0.15) is 0 Å². The molecule has 0 fully saturated rings. The van der Waals surface area contributed by atoms with E-state index < -0.39 is 18.5 Å². The van der Waals surface area contributed by atoms with Crippen molar-refractivity contribution in [3.63, 3.8) is 0 Å². The minimum atomic E-state index is -0.562. The SMILES string of the molecule is CC(=O)c1cccc(NC(=O)COC(=O)c2c(C)[nH]c3ccccc23)c1. The van der Waals surface area contributed by atoms with E-state index in [1.807, 2.05) is 24.3 Å². The lowest BCUT2D eigenvalue weighted by Crippen LogP contribution is -2.21. The summed E-state index contributed by atoms with van der Waals surface area (Å²) >= 11 is 0. The van der Waals surface area contributed by atoms with Gasteiger partial charge in [-0.05, 0) is 32.0 Å². The first-order chi connectivity index (χ1) is 12.5. The minimum Gasteiger partial charge on any atom is -0.452 e. The van der Waals surface area contributed by atoms with E-state index in [9.17, 15) is 14.4 Å². The van der Waals surface area contributed by atoms with Gasteiger partial charge in [-0.1, -0.05) is 30.3 Å². The second kappa shape index (κ2) is 7.23. The molecule has 1 amide bonds. The number of nitrogens with one attached hydrogen (secondary N) is 2. The van der Waals surface area contributed by atoms with Crippen molar-refractivity contribution in [2.75, 3.05) is 11.9 Å². The van der Waals surface area contributed by atoms with Crippen molar-refractivity contribution >= 4 is 34.3 Å². The van der Waals surface area contributed by atoms with Gasteiger partial charge in [0.25, 0.3) is 5.91 Å². The first-order valence-electron chi connectivity index (χ1n) is 8.11. The van der Waals surface area contributed by atoms with Gasteiger partial charge in [-0.25, -0.2) is 4.79 Å². The van der Waals surface area contributed by atoms with Crippen LogP contribution in [0.3, 0.4) is 0 Å². The maximum atomic E-state index is 12.4. The van der Waals surface area contributed by atoms with Crippen LogP contribution in [0.15, 0.2) is 48.5 Å². The molecule has 0 radical (unpaired) electrons. The number of aromatic amines is 1. The van der Waals surface area contributed by atoms with Crippen molar-refractivity contribution in [3.05, 3.63) is 65.4 Å². The Hall–Kier alpha value is -3.41. The van der Waals surface area contributed by atoms with Crippen LogP contribution in [-0.4, -0.2) is 29.3 Å². The highest BCUT2D eigenvalue weighted by molar-refractivity contribution is 6.06. The Balaban J connectivity index is 1.66. The summed E-state index contributed by atoms with van der Waals surface area (Å²) in [4.78, 5) is 38.9. The third-order valence-electron chi connectivity index (χ3n) is 3.98. The van der Waals surface area contributed by atoms with E-state index in [0.717, 1.165) is 10.9 Å². The van der Waals surface area contributed by atoms with E-state index in [1.54, 1.807) is 31.2 Å². The number of amides is 1. The molecule has 0 atom stereocenters. The molecule has 2 N–H and O–H groups in total. The topological polar surface area (TPSA) is 88.3 Å². The van der Waals surface area contributed by atoms with Crippen LogP contribution >= 0.6 is 0 Å². The molecule has 6 nitrogen and oxygen atoms in total. The smallest absolute Gasteiger partial charge is 0.341 e. The number of anilines is 1. The number of benzene rings is 2.